The summed E-state index contributed by atoms with van der Waals surface area (Å²) in [6.07, 6.45) is 2.40. The molecule has 1 N–H and O–H groups in total. The quantitative estimate of drug-likeness (QED) is 0.190. The predicted octanol–water partition coefficient (Wildman–Crippen LogP) is 4.24. The zero-order chi connectivity index (χ0) is 26.3. The van der Waals surface area contributed by atoms with Gasteiger partial charge in [-0.1, -0.05) is 56.4 Å². The van der Waals surface area contributed by atoms with Crippen molar-refractivity contribution in [2.45, 2.75) is 30.5 Å². The minimum Gasteiger partial charge on any atom is -0.490 e. The van der Waals surface area contributed by atoms with Crippen LogP contribution in [0.2, 0.25) is 0 Å². The Bertz CT molecular complexity index is 1380. The predicted molar refractivity (Wildman–Crippen MR) is 138 cm³/mol. The molecular weight excluding hydrogens is 500 g/mol. The summed E-state index contributed by atoms with van der Waals surface area (Å²) in [5.74, 6) is 0.668. The van der Waals surface area contributed by atoms with Crippen molar-refractivity contribution in [3.8, 4) is 17.6 Å². The Kier molecular flexibility index (Phi) is 8.45. The third-order valence-electron chi connectivity index (χ3n) is 4.84. The maximum absolute atomic E-state index is 12.4. The van der Waals surface area contributed by atoms with E-state index in [-0.39, 0.29) is 20.5 Å². The number of aromatic nitrogens is 2. The van der Waals surface area contributed by atoms with Crippen molar-refractivity contribution in [1.82, 2.24) is 10.2 Å². The highest BCUT2D eigenvalue weighted by Gasteiger charge is 2.17. The van der Waals surface area contributed by atoms with Gasteiger partial charge in [-0.2, -0.15) is 5.26 Å². The molecule has 0 bridgehead atoms. The number of amides is 1. The maximum atomic E-state index is 12.4. The lowest BCUT2D eigenvalue weighted by atomic mass is 9.87. The summed E-state index contributed by atoms with van der Waals surface area (Å²) in [6.45, 7) is 7.20. The molecule has 0 fully saturated rings. The monoisotopic (exact) mass is 526 g/mol. The molecule has 1 amide bonds. The molecule has 0 aliphatic carbocycles. The summed E-state index contributed by atoms with van der Waals surface area (Å²) in [7, 11) is -3.53. The van der Waals surface area contributed by atoms with Crippen LogP contribution in [-0.4, -0.2) is 44.0 Å². The maximum Gasteiger partial charge on any atom is 0.268 e. The molecule has 0 aliphatic rings. The van der Waals surface area contributed by atoms with Gasteiger partial charge in [0, 0.05) is 6.26 Å². The lowest BCUT2D eigenvalue weighted by Crippen LogP contribution is -2.13. The normalized spacial score (nSPS) is 12.0. The van der Waals surface area contributed by atoms with Gasteiger partial charge in [-0.3, -0.25) is 10.1 Å². The highest BCUT2D eigenvalue weighted by Crippen LogP contribution is 2.24. The largest absolute Gasteiger partial charge is 0.490 e. The number of rotatable bonds is 9. The van der Waals surface area contributed by atoms with E-state index in [2.05, 4.69) is 48.4 Å². The van der Waals surface area contributed by atoms with Crippen LogP contribution in [0.25, 0.3) is 6.08 Å². The van der Waals surface area contributed by atoms with E-state index in [0.717, 1.165) is 12.0 Å². The van der Waals surface area contributed by atoms with Crippen molar-refractivity contribution >= 4 is 38.3 Å². The number of ether oxygens (including phenoxy) is 2. The summed E-state index contributed by atoms with van der Waals surface area (Å²) in [6, 6.07) is 16.7. The Hall–Kier alpha value is -3.75. The minimum absolute atomic E-state index is 0.0160. The SMILES string of the molecule is CC(C)(C)c1ccc(OCCOc2ccc(/C=C(/C#N)C(=O)Nc3nnc(S(C)(=O)=O)s3)cc2)cc1. The molecule has 0 aliphatic heterocycles. The zero-order valence-electron chi connectivity index (χ0n) is 20.3. The third kappa shape index (κ3) is 7.63. The van der Waals surface area contributed by atoms with Gasteiger partial charge in [0.15, 0.2) is 0 Å². The fraction of sp³-hybridized carbons (Fsp3) is 0.280. The number of carbonyl (C=O) groups is 1. The van der Waals surface area contributed by atoms with Crippen molar-refractivity contribution in [3.05, 3.63) is 65.2 Å². The Morgan fingerprint density at radius 3 is 2.06 bits per heavy atom. The second-order valence-corrected chi connectivity index (χ2v) is 12.0. The van der Waals surface area contributed by atoms with E-state index in [1.165, 1.54) is 11.6 Å². The molecule has 0 unspecified atom stereocenters. The molecule has 3 rings (SSSR count). The second kappa shape index (κ2) is 11.3. The lowest BCUT2D eigenvalue weighted by molar-refractivity contribution is -0.112. The van der Waals surface area contributed by atoms with Crippen LogP contribution in [0.15, 0.2) is 58.4 Å². The number of sulfone groups is 1. The Morgan fingerprint density at radius 1 is 1.03 bits per heavy atom. The lowest BCUT2D eigenvalue weighted by Gasteiger charge is -2.19. The van der Waals surface area contributed by atoms with Gasteiger partial charge in [-0.25, -0.2) is 8.42 Å². The third-order valence-corrected chi connectivity index (χ3v) is 7.35. The molecular formula is C25H26N4O5S2. The van der Waals surface area contributed by atoms with Gasteiger partial charge < -0.3 is 9.47 Å². The first-order valence-corrected chi connectivity index (χ1v) is 13.6. The van der Waals surface area contributed by atoms with Gasteiger partial charge in [0.05, 0.1) is 0 Å². The number of nitrogens with one attached hydrogen (secondary N) is 1. The second-order valence-electron chi connectivity index (χ2n) is 8.81. The molecule has 11 heteroatoms. The highest BCUT2D eigenvalue weighted by atomic mass is 32.2. The summed E-state index contributed by atoms with van der Waals surface area (Å²) >= 11 is 0.708. The van der Waals surface area contributed by atoms with Gasteiger partial charge in [0.25, 0.3) is 5.91 Å². The number of benzene rings is 2. The van der Waals surface area contributed by atoms with Crippen LogP contribution >= 0.6 is 11.3 Å². The van der Waals surface area contributed by atoms with Crippen LogP contribution in [-0.2, 0) is 20.0 Å². The Morgan fingerprint density at radius 2 is 1.58 bits per heavy atom. The molecule has 36 heavy (non-hydrogen) atoms. The van der Waals surface area contributed by atoms with Crippen molar-refractivity contribution in [1.29, 1.82) is 5.26 Å². The molecule has 1 heterocycles. The fourth-order valence-corrected chi connectivity index (χ4v) is 4.42. The molecule has 9 nitrogen and oxygen atoms in total. The first-order chi connectivity index (χ1) is 17.0. The van der Waals surface area contributed by atoms with Crippen LogP contribution in [0.3, 0.4) is 0 Å². The molecule has 3 aromatic rings. The molecule has 188 valence electrons. The molecule has 0 saturated heterocycles. The molecule has 1 aromatic heterocycles. The van der Waals surface area contributed by atoms with Crippen LogP contribution in [0.1, 0.15) is 31.9 Å². The number of nitrogens with zero attached hydrogens (tertiary/aromatic N) is 3. The van der Waals surface area contributed by atoms with E-state index in [4.69, 9.17) is 9.47 Å². The Labute approximate surface area is 214 Å². The summed E-state index contributed by atoms with van der Waals surface area (Å²) < 4.78 is 34.2. The standard InChI is InChI=1S/C25H26N4O5S2/c1-25(2,3)19-7-11-21(12-8-19)34-14-13-33-20-9-5-17(6-10-20)15-18(16-26)22(30)27-23-28-29-24(35-23)36(4,31)32/h5-12,15H,13-14H2,1-4H3,(H,27,28,30)/b18-15-. The van der Waals surface area contributed by atoms with Crippen LogP contribution in [0, 0.1) is 11.3 Å². The fourth-order valence-electron chi connectivity index (χ4n) is 2.92. The van der Waals surface area contributed by atoms with E-state index >= 15 is 0 Å². The first-order valence-electron chi connectivity index (χ1n) is 10.9. The Balaban J connectivity index is 1.51. The average molecular weight is 527 g/mol. The minimum atomic E-state index is -3.53. The number of hydrogen-bond acceptors (Lipinski definition) is 9. The smallest absolute Gasteiger partial charge is 0.268 e. The molecule has 0 spiro atoms. The van der Waals surface area contributed by atoms with Crippen molar-refractivity contribution in [3.63, 3.8) is 0 Å². The molecule has 0 radical (unpaired) electrons. The van der Waals surface area contributed by atoms with Gasteiger partial charge >= 0.3 is 0 Å². The van der Waals surface area contributed by atoms with E-state index in [9.17, 15) is 18.5 Å². The molecule has 0 saturated carbocycles. The van der Waals surface area contributed by atoms with Crippen LogP contribution in [0.5, 0.6) is 11.5 Å². The van der Waals surface area contributed by atoms with E-state index < -0.39 is 15.7 Å². The van der Waals surface area contributed by atoms with Crippen molar-refractivity contribution < 1.29 is 22.7 Å². The topological polar surface area (TPSA) is 131 Å². The van der Waals surface area contributed by atoms with Gasteiger partial charge in [0.2, 0.25) is 19.3 Å². The van der Waals surface area contributed by atoms with Crippen LogP contribution in [0.4, 0.5) is 5.13 Å². The van der Waals surface area contributed by atoms with Crippen molar-refractivity contribution in [2.75, 3.05) is 24.8 Å². The van der Waals surface area contributed by atoms with Crippen LogP contribution < -0.4 is 14.8 Å². The summed E-state index contributed by atoms with van der Waals surface area (Å²) in [5, 5.41) is 18.9. The van der Waals surface area contributed by atoms with Crippen molar-refractivity contribution in [2.24, 2.45) is 0 Å². The van der Waals surface area contributed by atoms with E-state index in [1.54, 1.807) is 24.3 Å². The summed E-state index contributed by atoms with van der Waals surface area (Å²) in [4.78, 5) is 12.4. The van der Waals surface area contributed by atoms with E-state index in [1.807, 2.05) is 18.2 Å². The molecule has 0 atom stereocenters. The van der Waals surface area contributed by atoms with Gasteiger partial charge in [-0.05, 0) is 46.9 Å². The number of nitriles is 1. The molecule has 2 aromatic carbocycles. The van der Waals surface area contributed by atoms with Gasteiger partial charge in [-0.15, -0.1) is 10.2 Å². The number of carbonyl (C=O) groups excluding carboxylic acids is 1. The highest BCUT2D eigenvalue weighted by molar-refractivity contribution is 7.92. The summed E-state index contributed by atoms with van der Waals surface area (Å²) in [5.41, 5.74) is 1.76. The average Bonchev–Trinajstić information content (AvgIpc) is 3.30. The van der Waals surface area contributed by atoms with E-state index in [0.29, 0.717) is 35.9 Å². The van der Waals surface area contributed by atoms with Gasteiger partial charge in [0.1, 0.15) is 36.4 Å². The first kappa shape index (κ1) is 26.8. The number of anilines is 1. The zero-order valence-corrected chi connectivity index (χ0v) is 21.9. The number of hydrogen-bond donors (Lipinski definition) is 1.